The van der Waals surface area contributed by atoms with Crippen LogP contribution < -0.4 is 0 Å². The molecule has 0 amide bonds. The van der Waals surface area contributed by atoms with Crippen molar-refractivity contribution in [3.63, 3.8) is 0 Å². The van der Waals surface area contributed by atoms with Crippen molar-refractivity contribution in [1.29, 1.82) is 0 Å². The van der Waals surface area contributed by atoms with Crippen molar-refractivity contribution >= 4 is 10.8 Å². The summed E-state index contributed by atoms with van der Waals surface area (Å²) in [6.07, 6.45) is 2.17. The molecule has 1 N–H and O–H groups in total. The number of aliphatic hydroxyl groups excluding tert-OH is 1. The molecule has 21 heavy (non-hydrogen) atoms. The normalized spacial score (nSPS) is 16.8. The third kappa shape index (κ3) is 3.45. The van der Waals surface area contributed by atoms with E-state index in [1.807, 2.05) is 18.2 Å². The Morgan fingerprint density at radius 3 is 2.48 bits per heavy atom. The molecule has 0 heterocycles. The maximum Gasteiger partial charge on any atom is 0.0923 e. The van der Waals surface area contributed by atoms with Gasteiger partial charge in [0.2, 0.25) is 0 Å². The van der Waals surface area contributed by atoms with Gasteiger partial charge in [-0.3, -0.25) is 4.90 Å². The van der Waals surface area contributed by atoms with E-state index >= 15 is 0 Å². The highest BCUT2D eigenvalue weighted by Gasteiger charge is 2.30. The maximum atomic E-state index is 10.7. The number of hydrogen-bond donors (Lipinski definition) is 1. The lowest BCUT2D eigenvalue weighted by molar-refractivity contribution is 0.102. The Labute approximate surface area is 127 Å². The minimum atomic E-state index is -0.407. The molecule has 0 bridgehead atoms. The Kier molecular flexibility index (Phi) is 4.27. The molecule has 0 saturated heterocycles. The lowest BCUT2D eigenvalue weighted by Crippen LogP contribution is -2.34. The van der Waals surface area contributed by atoms with E-state index in [0.717, 1.165) is 18.7 Å². The highest BCUT2D eigenvalue weighted by Crippen LogP contribution is 2.31. The molecule has 2 nitrogen and oxygen atoms in total. The predicted octanol–water partition coefficient (Wildman–Crippen LogP) is 3.99. The molecule has 2 aromatic carbocycles. The molecule has 1 aliphatic carbocycles. The topological polar surface area (TPSA) is 23.5 Å². The van der Waals surface area contributed by atoms with Crippen LogP contribution in [0.5, 0.6) is 0 Å². The van der Waals surface area contributed by atoms with Crippen LogP contribution >= 0.6 is 0 Å². The number of hydrogen-bond acceptors (Lipinski definition) is 2. The van der Waals surface area contributed by atoms with E-state index in [-0.39, 0.29) is 0 Å². The average Bonchev–Trinajstić information content (AvgIpc) is 3.30. The first-order valence-corrected chi connectivity index (χ1v) is 8.05. The summed E-state index contributed by atoms with van der Waals surface area (Å²) in [4.78, 5) is 2.47. The lowest BCUT2D eigenvalue weighted by Gasteiger charge is -2.27. The van der Waals surface area contributed by atoms with Crippen LogP contribution in [0.1, 0.15) is 38.4 Å². The Morgan fingerprint density at radius 2 is 1.76 bits per heavy atom. The van der Waals surface area contributed by atoms with Gasteiger partial charge in [-0.15, -0.1) is 0 Å². The summed E-state index contributed by atoms with van der Waals surface area (Å²) < 4.78 is 0. The van der Waals surface area contributed by atoms with E-state index in [0.29, 0.717) is 12.0 Å². The molecule has 1 unspecified atom stereocenters. The Hall–Kier alpha value is -1.38. The summed E-state index contributed by atoms with van der Waals surface area (Å²) in [6, 6.07) is 15.2. The number of aliphatic hydroxyl groups is 1. The van der Waals surface area contributed by atoms with E-state index in [1.54, 1.807) is 0 Å². The second-order valence-corrected chi connectivity index (χ2v) is 6.66. The van der Waals surface area contributed by atoms with E-state index in [2.05, 4.69) is 43.0 Å². The van der Waals surface area contributed by atoms with Crippen LogP contribution in [0.2, 0.25) is 0 Å². The van der Waals surface area contributed by atoms with Crippen molar-refractivity contribution in [1.82, 2.24) is 4.90 Å². The Morgan fingerprint density at radius 1 is 1.05 bits per heavy atom. The van der Waals surface area contributed by atoms with E-state index in [9.17, 15) is 5.11 Å². The van der Waals surface area contributed by atoms with Gasteiger partial charge < -0.3 is 5.11 Å². The average molecular weight is 283 g/mol. The molecule has 112 valence electrons. The van der Waals surface area contributed by atoms with Crippen molar-refractivity contribution in [3.05, 3.63) is 48.0 Å². The fourth-order valence-electron chi connectivity index (χ4n) is 3.14. The standard InChI is InChI=1S/C19H25NO/c1-14(2)12-20(16-10-11-16)13-19(21)18-9-5-7-15-6-3-4-8-17(15)18/h3-9,14,16,19,21H,10-13H2,1-2H3. The van der Waals surface area contributed by atoms with Gasteiger partial charge >= 0.3 is 0 Å². The minimum Gasteiger partial charge on any atom is -0.387 e. The van der Waals surface area contributed by atoms with Crippen LogP contribution in [0.3, 0.4) is 0 Å². The lowest BCUT2D eigenvalue weighted by atomic mass is 10.00. The van der Waals surface area contributed by atoms with Gasteiger partial charge in [-0.2, -0.15) is 0 Å². The van der Waals surface area contributed by atoms with Crippen LogP contribution in [0.15, 0.2) is 42.5 Å². The van der Waals surface area contributed by atoms with Gasteiger partial charge in [0.05, 0.1) is 6.10 Å². The molecule has 0 aliphatic heterocycles. The molecule has 0 radical (unpaired) electrons. The van der Waals surface area contributed by atoms with Gasteiger partial charge in [0, 0.05) is 19.1 Å². The fourth-order valence-corrected chi connectivity index (χ4v) is 3.14. The third-order valence-corrected chi connectivity index (χ3v) is 4.25. The minimum absolute atomic E-state index is 0.407. The van der Waals surface area contributed by atoms with E-state index in [1.165, 1.54) is 23.6 Å². The molecule has 0 aromatic heterocycles. The van der Waals surface area contributed by atoms with Crippen LogP contribution in [0.25, 0.3) is 10.8 Å². The molecule has 1 saturated carbocycles. The highest BCUT2D eigenvalue weighted by molar-refractivity contribution is 5.85. The first-order valence-electron chi connectivity index (χ1n) is 8.05. The smallest absolute Gasteiger partial charge is 0.0923 e. The van der Waals surface area contributed by atoms with Crippen molar-refractivity contribution in [3.8, 4) is 0 Å². The zero-order valence-corrected chi connectivity index (χ0v) is 13.0. The van der Waals surface area contributed by atoms with Gasteiger partial charge in [-0.05, 0) is 35.1 Å². The molecule has 2 aromatic rings. The van der Waals surface area contributed by atoms with E-state index < -0.39 is 6.10 Å². The van der Waals surface area contributed by atoms with Crippen LogP contribution in [0.4, 0.5) is 0 Å². The molecule has 0 spiro atoms. The Balaban J connectivity index is 1.81. The second-order valence-electron chi connectivity index (χ2n) is 6.66. The second kappa shape index (κ2) is 6.17. The van der Waals surface area contributed by atoms with E-state index in [4.69, 9.17) is 0 Å². The molecule has 2 heteroatoms. The van der Waals surface area contributed by atoms with Crippen molar-refractivity contribution < 1.29 is 5.11 Å². The molecule has 1 fully saturated rings. The van der Waals surface area contributed by atoms with Gasteiger partial charge in [-0.1, -0.05) is 56.3 Å². The largest absolute Gasteiger partial charge is 0.387 e. The summed E-state index contributed by atoms with van der Waals surface area (Å²) >= 11 is 0. The number of nitrogens with zero attached hydrogens (tertiary/aromatic N) is 1. The molecule has 1 aliphatic rings. The van der Waals surface area contributed by atoms with Crippen LogP contribution in [0, 0.1) is 5.92 Å². The maximum absolute atomic E-state index is 10.7. The summed E-state index contributed by atoms with van der Waals surface area (Å²) in [5.74, 6) is 0.644. The van der Waals surface area contributed by atoms with Gasteiger partial charge in [0.15, 0.2) is 0 Å². The summed E-state index contributed by atoms with van der Waals surface area (Å²) in [5, 5.41) is 13.1. The van der Waals surface area contributed by atoms with Gasteiger partial charge in [-0.25, -0.2) is 0 Å². The molecular weight excluding hydrogens is 258 g/mol. The van der Waals surface area contributed by atoms with Crippen LogP contribution in [-0.4, -0.2) is 29.1 Å². The van der Waals surface area contributed by atoms with Crippen molar-refractivity contribution in [2.75, 3.05) is 13.1 Å². The highest BCUT2D eigenvalue weighted by atomic mass is 16.3. The van der Waals surface area contributed by atoms with Gasteiger partial charge in [0.1, 0.15) is 0 Å². The zero-order valence-electron chi connectivity index (χ0n) is 13.0. The first kappa shape index (κ1) is 14.6. The fraction of sp³-hybridized carbons (Fsp3) is 0.474. The summed E-state index contributed by atoms with van der Waals surface area (Å²) in [7, 11) is 0. The summed E-state index contributed by atoms with van der Waals surface area (Å²) in [5.41, 5.74) is 1.06. The number of benzene rings is 2. The molecule has 1 atom stereocenters. The van der Waals surface area contributed by atoms with Crippen LogP contribution in [-0.2, 0) is 0 Å². The van der Waals surface area contributed by atoms with Gasteiger partial charge in [0.25, 0.3) is 0 Å². The Bertz CT molecular complexity index is 598. The van der Waals surface area contributed by atoms with Crippen molar-refractivity contribution in [2.24, 2.45) is 5.92 Å². The monoisotopic (exact) mass is 283 g/mol. The first-order chi connectivity index (χ1) is 10.1. The number of rotatable bonds is 6. The SMILES string of the molecule is CC(C)CN(CC(O)c1cccc2ccccc12)C1CC1. The summed E-state index contributed by atoms with van der Waals surface area (Å²) in [6.45, 7) is 6.32. The van der Waals surface area contributed by atoms with Crippen molar-refractivity contribution in [2.45, 2.75) is 38.8 Å². The zero-order chi connectivity index (χ0) is 14.8. The number of fused-ring (bicyclic) bond motifs is 1. The molecular formula is C19H25NO. The molecule has 3 rings (SSSR count). The quantitative estimate of drug-likeness (QED) is 0.866. The predicted molar refractivity (Wildman–Crippen MR) is 88.3 cm³/mol. The third-order valence-electron chi connectivity index (χ3n) is 4.25.